The Kier molecular flexibility index (Phi) is 5.91. The molecule has 2 rings (SSSR count). The van der Waals surface area contributed by atoms with Crippen molar-refractivity contribution in [3.05, 3.63) is 0 Å². The monoisotopic (exact) mass is 327 g/mol. The van der Waals surface area contributed by atoms with Gasteiger partial charge in [-0.05, 0) is 12.8 Å². The van der Waals surface area contributed by atoms with Gasteiger partial charge in [0.05, 0.1) is 5.94 Å². The second-order valence-corrected chi connectivity index (χ2v) is 6.73. The molecule has 0 radical (unpaired) electrons. The van der Waals surface area contributed by atoms with Crippen molar-refractivity contribution in [3.63, 3.8) is 0 Å². The van der Waals surface area contributed by atoms with E-state index in [9.17, 15) is 13.2 Å². The fourth-order valence-electron chi connectivity index (χ4n) is 2.00. The first kappa shape index (κ1) is 15.8. The van der Waals surface area contributed by atoms with Crippen molar-refractivity contribution in [3.8, 4) is 0 Å². The molecule has 9 heteroatoms. The molecule has 4 nitrogen and oxygen atoms in total. The smallest absolute Gasteiger partial charge is 0.361 e. The second kappa shape index (κ2) is 7.46. The lowest BCUT2D eigenvalue weighted by Gasteiger charge is -2.21. The Labute approximate surface area is 123 Å². The van der Waals surface area contributed by atoms with E-state index >= 15 is 0 Å². The highest BCUT2D eigenvalue weighted by molar-refractivity contribution is 8.00. The van der Waals surface area contributed by atoms with Crippen molar-refractivity contribution in [1.29, 1.82) is 0 Å². The van der Waals surface area contributed by atoms with Gasteiger partial charge in [-0.2, -0.15) is 13.2 Å². The Balaban J connectivity index is 1.69. The van der Waals surface area contributed by atoms with Gasteiger partial charge >= 0.3 is 6.18 Å². The molecule has 1 saturated carbocycles. The molecule has 0 amide bonds. The average molecular weight is 327 g/mol. The number of nitrogens with zero attached hydrogens (tertiary/aromatic N) is 2. The number of aromatic nitrogens is 2. The van der Waals surface area contributed by atoms with Gasteiger partial charge < -0.3 is 10.1 Å². The number of nitrogens with one attached hydrogen (secondary N) is 1. The second-order valence-electron chi connectivity index (χ2n) is 4.58. The van der Waals surface area contributed by atoms with Gasteiger partial charge in [-0.25, -0.2) is 0 Å². The van der Waals surface area contributed by atoms with E-state index in [1.54, 1.807) is 0 Å². The molecule has 1 aliphatic carbocycles. The molecule has 1 aromatic rings. The summed E-state index contributed by atoms with van der Waals surface area (Å²) in [5, 5.41) is 12.0. The van der Waals surface area contributed by atoms with Crippen molar-refractivity contribution >= 4 is 28.2 Å². The van der Waals surface area contributed by atoms with E-state index in [0.717, 1.165) is 29.7 Å². The lowest BCUT2D eigenvalue weighted by atomic mass is 9.96. The molecule has 1 heterocycles. The standard InChI is InChI=1S/C11H16F3N3OS2/c12-11(13,14)6-18-7-19-10-17-16-9(20-10)15-8-4-2-1-3-5-8/h8H,1-7H2,(H,15,16). The number of hydrogen-bond donors (Lipinski definition) is 1. The van der Waals surface area contributed by atoms with Gasteiger partial charge in [-0.15, -0.1) is 10.2 Å². The average Bonchev–Trinajstić information content (AvgIpc) is 2.82. The maximum absolute atomic E-state index is 11.9. The summed E-state index contributed by atoms with van der Waals surface area (Å²) in [6.45, 7) is -1.23. The predicted molar refractivity (Wildman–Crippen MR) is 73.1 cm³/mol. The molecule has 0 unspecified atom stereocenters. The summed E-state index contributed by atoms with van der Waals surface area (Å²) in [5.74, 6) is -0.0719. The van der Waals surface area contributed by atoms with E-state index in [1.165, 1.54) is 30.6 Å². The van der Waals surface area contributed by atoms with Crippen LogP contribution in [0.4, 0.5) is 18.3 Å². The van der Waals surface area contributed by atoms with Crippen LogP contribution in [0.1, 0.15) is 32.1 Å². The lowest BCUT2D eigenvalue weighted by Crippen LogP contribution is -2.21. The van der Waals surface area contributed by atoms with Crippen LogP contribution in [0.5, 0.6) is 0 Å². The molecule has 114 valence electrons. The molecule has 1 fully saturated rings. The number of ether oxygens (including phenoxy) is 1. The molecular weight excluding hydrogens is 311 g/mol. The van der Waals surface area contributed by atoms with E-state index in [2.05, 4.69) is 20.3 Å². The SMILES string of the molecule is FC(F)(F)COCSc1nnc(NC2CCCCC2)s1. The van der Waals surface area contributed by atoms with Crippen LogP contribution in [0.3, 0.4) is 0 Å². The molecule has 1 aromatic heterocycles. The summed E-state index contributed by atoms with van der Waals surface area (Å²) in [6.07, 6.45) is 1.72. The summed E-state index contributed by atoms with van der Waals surface area (Å²) >= 11 is 2.48. The fourth-order valence-corrected chi connectivity index (χ4v) is 3.53. The van der Waals surface area contributed by atoms with Gasteiger partial charge in [0, 0.05) is 6.04 Å². The molecule has 1 N–H and O–H groups in total. The molecule has 0 atom stereocenters. The number of rotatable bonds is 6. The number of hydrogen-bond acceptors (Lipinski definition) is 6. The van der Waals surface area contributed by atoms with Gasteiger partial charge in [0.15, 0.2) is 4.34 Å². The quantitative estimate of drug-likeness (QED) is 0.488. The number of halogens is 3. The number of thioether (sulfide) groups is 1. The highest BCUT2D eigenvalue weighted by atomic mass is 32.2. The molecule has 0 aliphatic heterocycles. The largest absolute Gasteiger partial charge is 0.411 e. The lowest BCUT2D eigenvalue weighted by molar-refractivity contribution is -0.168. The van der Waals surface area contributed by atoms with Gasteiger partial charge in [0.25, 0.3) is 0 Å². The van der Waals surface area contributed by atoms with E-state index < -0.39 is 12.8 Å². The summed E-state index contributed by atoms with van der Waals surface area (Å²) in [6, 6.07) is 0.441. The minimum atomic E-state index is -4.28. The van der Waals surface area contributed by atoms with Crippen LogP contribution in [0.2, 0.25) is 0 Å². The van der Waals surface area contributed by atoms with E-state index in [-0.39, 0.29) is 5.94 Å². The minimum absolute atomic E-state index is 0.0719. The third kappa shape index (κ3) is 5.84. The van der Waals surface area contributed by atoms with Crippen molar-refractivity contribution in [2.45, 2.75) is 48.7 Å². The van der Waals surface area contributed by atoms with Gasteiger partial charge in [-0.3, -0.25) is 0 Å². The minimum Gasteiger partial charge on any atom is -0.361 e. The van der Waals surface area contributed by atoms with Crippen molar-refractivity contribution in [1.82, 2.24) is 10.2 Å². The maximum atomic E-state index is 11.9. The van der Waals surface area contributed by atoms with E-state index in [0.29, 0.717) is 10.4 Å². The Hall–Kier alpha value is -0.540. The van der Waals surface area contributed by atoms with Crippen molar-refractivity contribution in [2.24, 2.45) is 0 Å². The molecule has 20 heavy (non-hydrogen) atoms. The summed E-state index contributed by atoms with van der Waals surface area (Å²) in [4.78, 5) is 0. The number of alkyl halides is 3. The molecule has 0 bridgehead atoms. The highest BCUT2D eigenvalue weighted by Crippen LogP contribution is 2.28. The van der Waals surface area contributed by atoms with Gasteiger partial charge in [0.2, 0.25) is 5.13 Å². The maximum Gasteiger partial charge on any atom is 0.411 e. The van der Waals surface area contributed by atoms with E-state index in [1.807, 2.05) is 0 Å². The molecule has 0 spiro atoms. The topological polar surface area (TPSA) is 47.0 Å². The highest BCUT2D eigenvalue weighted by Gasteiger charge is 2.27. The third-order valence-electron chi connectivity index (χ3n) is 2.87. The molecule has 0 saturated heterocycles. The zero-order valence-electron chi connectivity index (χ0n) is 10.8. The summed E-state index contributed by atoms with van der Waals surface area (Å²) in [5.41, 5.74) is 0. The summed E-state index contributed by atoms with van der Waals surface area (Å²) < 4.78 is 40.8. The van der Waals surface area contributed by atoms with Crippen LogP contribution in [-0.2, 0) is 4.74 Å². The van der Waals surface area contributed by atoms with Gasteiger partial charge in [0.1, 0.15) is 6.61 Å². The van der Waals surface area contributed by atoms with Crippen LogP contribution in [-0.4, -0.2) is 35.0 Å². The normalized spacial score (nSPS) is 17.4. The van der Waals surface area contributed by atoms with Crippen LogP contribution in [0, 0.1) is 0 Å². The molecular formula is C11H16F3N3OS2. The zero-order chi connectivity index (χ0) is 14.4. The first-order chi connectivity index (χ1) is 9.53. The molecule has 1 aliphatic rings. The van der Waals surface area contributed by atoms with Crippen LogP contribution < -0.4 is 5.32 Å². The predicted octanol–water partition coefficient (Wildman–Crippen LogP) is 3.91. The Morgan fingerprint density at radius 1 is 1.25 bits per heavy atom. The zero-order valence-corrected chi connectivity index (χ0v) is 12.4. The van der Waals surface area contributed by atoms with Crippen LogP contribution >= 0.6 is 23.1 Å². The Morgan fingerprint density at radius 2 is 2.00 bits per heavy atom. The first-order valence-electron chi connectivity index (χ1n) is 6.40. The third-order valence-corrected chi connectivity index (χ3v) is 4.74. The fraction of sp³-hybridized carbons (Fsp3) is 0.818. The number of anilines is 1. The Bertz CT molecular complexity index is 408. The molecule has 0 aromatic carbocycles. The Morgan fingerprint density at radius 3 is 2.70 bits per heavy atom. The van der Waals surface area contributed by atoms with Crippen molar-refractivity contribution < 1.29 is 17.9 Å². The van der Waals surface area contributed by atoms with Crippen LogP contribution in [0.25, 0.3) is 0 Å². The van der Waals surface area contributed by atoms with Crippen molar-refractivity contribution in [2.75, 3.05) is 17.9 Å². The van der Waals surface area contributed by atoms with Gasteiger partial charge in [-0.1, -0.05) is 42.4 Å². The van der Waals surface area contributed by atoms with Crippen LogP contribution in [0.15, 0.2) is 4.34 Å². The van der Waals surface area contributed by atoms with E-state index in [4.69, 9.17) is 0 Å². The first-order valence-corrected chi connectivity index (χ1v) is 8.20. The summed E-state index contributed by atoms with van der Waals surface area (Å²) in [7, 11) is 0.